The Bertz CT molecular complexity index is 800. The lowest BCUT2D eigenvalue weighted by Gasteiger charge is -2.26. The quantitative estimate of drug-likeness (QED) is 0.640. The molecule has 0 aliphatic rings. The van der Waals surface area contributed by atoms with Crippen molar-refractivity contribution < 1.29 is 22.7 Å². The van der Waals surface area contributed by atoms with E-state index in [-0.39, 0.29) is 31.0 Å². The van der Waals surface area contributed by atoms with Crippen LogP contribution in [0.15, 0.2) is 36.5 Å². The molecule has 0 bridgehead atoms. The molecule has 0 fully saturated rings. The molecule has 10 heteroatoms. The summed E-state index contributed by atoms with van der Waals surface area (Å²) < 4.78 is 44.4. The van der Waals surface area contributed by atoms with E-state index in [1.165, 1.54) is 4.90 Å². The maximum atomic E-state index is 13.0. The van der Waals surface area contributed by atoms with Crippen molar-refractivity contribution in [3.63, 3.8) is 0 Å². The van der Waals surface area contributed by atoms with Crippen LogP contribution in [0.3, 0.4) is 0 Å². The lowest BCUT2D eigenvalue weighted by atomic mass is 10.2. The first-order valence-corrected chi connectivity index (χ1v) is 9.09. The first-order chi connectivity index (χ1) is 13.7. The molecular formula is C19H24F3N5O2. The van der Waals surface area contributed by atoms with E-state index in [9.17, 15) is 18.0 Å². The van der Waals surface area contributed by atoms with E-state index in [4.69, 9.17) is 10.5 Å². The predicted molar refractivity (Wildman–Crippen MR) is 103 cm³/mol. The van der Waals surface area contributed by atoms with Crippen LogP contribution in [0.4, 0.5) is 29.7 Å². The van der Waals surface area contributed by atoms with E-state index in [1.807, 2.05) is 44.2 Å². The van der Waals surface area contributed by atoms with Crippen LogP contribution in [0.2, 0.25) is 0 Å². The van der Waals surface area contributed by atoms with Gasteiger partial charge in [0.25, 0.3) is 0 Å². The fraction of sp³-hybridized carbons (Fsp3) is 0.421. The number of rotatable bonds is 8. The Morgan fingerprint density at radius 1 is 1.28 bits per heavy atom. The van der Waals surface area contributed by atoms with Gasteiger partial charge in [-0.25, -0.2) is 9.78 Å². The number of hydrogen-bond donors (Lipinski definition) is 2. The molecule has 0 aliphatic carbocycles. The molecule has 2 aromatic rings. The van der Waals surface area contributed by atoms with Crippen molar-refractivity contribution in [1.82, 2.24) is 14.9 Å². The van der Waals surface area contributed by atoms with Gasteiger partial charge in [-0.2, -0.15) is 18.2 Å². The summed E-state index contributed by atoms with van der Waals surface area (Å²) in [6.07, 6.45) is -4.04. The molecule has 1 aromatic carbocycles. The summed E-state index contributed by atoms with van der Waals surface area (Å²) in [6.45, 7) is 4.29. The lowest BCUT2D eigenvalue weighted by Crippen LogP contribution is -2.38. The number of alkyl halides is 3. The average Bonchev–Trinajstić information content (AvgIpc) is 2.65. The van der Waals surface area contributed by atoms with E-state index >= 15 is 0 Å². The number of carbonyl (C=O) groups excluding carboxylic acids is 1. The third-order valence-electron chi connectivity index (χ3n) is 4.04. The average molecular weight is 411 g/mol. The number of amides is 1. The molecule has 0 saturated heterocycles. The first kappa shape index (κ1) is 22.3. The number of carbonyl (C=O) groups is 1. The zero-order chi connectivity index (χ0) is 21.4. The number of nitrogens with one attached hydrogen (secondary N) is 1. The number of aromatic nitrogens is 2. The molecule has 2 rings (SSSR count). The highest BCUT2D eigenvalue weighted by Gasteiger charge is 2.35. The number of nitrogen functional groups attached to an aromatic ring is 1. The van der Waals surface area contributed by atoms with Gasteiger partial charge in [0.2, 0.25) is 5.95 Å². The Balaban J connectivity index is 1.88. The van der Waals surface area contributed by atoms with E-state index < -0.39 is 17.8 Å². The molecule has 0 saturated carbocycles. The van der Waals surface area contributed by atoms with Crippen molar-refractivity contribution in [3.05, 3.63) is 47.7 Å². The molecule has 0 atom stereocenters. The zero-order valence-electron chi connectivity index (χ0n) is 16.2. The molecule has 1 heterocycles. The second-order valence-corrected chi connectivity index (χ2v) is 6.60. The second kappa shape index (κ2) is 9.94. The highest BCUT2D eigenvalue weighted by Crippen LogP contribution is 2.33. The maximum absolute atomic E-state index is 13.0. The second-order valence-electron chi connectivity index (χ2n) is 6.60. The number of halogens is 3. The number of anilines is 2. The van der Waals surface area contributed by atoms with Crippen LogP contribution in [-0.2, 0) is 17.5 Å². The topological polar surface area (TPSA) is 93.4 Å². The standard InChI is InChI=1S/C19H24F3N5O2/c1-13(2)27(18(28)29-12-14-7-4-3-5-8-14)10-6-9-24-16-15(19(20,21)22)11-25-17(23)26-16/h3-5,7-8,11,13H,6,9-10,12H2,1-2H3,(H3,23,24,25,26). The van der Waals surface area contributed by atoms with Gasteiger partial charge in [0.15, 0.2) is 0 Å². The summed E-state index contributed by atoms with van der Waals surface area (Å²) in [5, 5.41) is 2.62. The molecule has 0 unspecified atom stereocenters. The smallest absolute Gasteiger partial charge is 0.421 e. The highest BCUT2D eigenvalue weighted by atomic mass is 19.4. The monoisotopic (exact) mass is 411 g/mol. The van der Waals surface area contributed by atoms with Gasteiger partial charge < -0.3 is 20.7 Å². The van der Waals surface area contributed by atoms with Gasteiger partial charge in [-0.05, 0) is 25.8 Å². The van der Waals surface area contributed by atoms with Crippen LogP contribution >= 0.6 is 0 Å². The zero-order valence-corrected chi connectivity index (χ0v) is 16.2. The Hall–Kier alpha value is -3.04. The normalized spacial score (nSPS) is 11.4. The molecule has 1 aromatic heterocycles. The molecule has 0 spiro atoms. The van der Waals surface area contributed by atoms with Crippen molar-refractivity contribution in [3.8, 4) is 0 Å². The van der Waals surface area contributed by atoms with Crippen LogP contribution in [0.25, 0.3) is 0 Å². The number of nitrogens with zero attached hydrogens (tertiary/aromatic N) is 3. The Kier molecular flexibility index (Phi) is 7.63. The lowest BCUT2D eigenvalue weighted by molar-refractivity contribution is -0.137. The minimum atomic E-state index is -4.60. The van der Waals surface area contributed by atoms with Gasteiger partial charge >= 0.3 is 12.3 Å². The predicted octanol–water partition coefficient (Wildman–Crippen LogP) is 3.93. The van der Waals surface area contributed by atoms with Gasteiger partial charge in [0.1, 0.15) is 18.0 Å². The van der Waals surface area contributed by atoms with Crippen LogP contribution in [0.5, 0.6) is 0 Å². The van der Waals surface area contributed by atoms with Gasteiger partial charge in [-0.1, -0.05) is 30.3 Å². The number of ether oxygens (including phenoxy) is 1. The number of hydrogen-bond acceptors (Lipinski definition) is 6. The Morgan fingerprint density at radius 3 is 2.59 bits per heavy atom. The molecule has 7 nitrogen and oxygen atoms in total. The van der Waals surface area contributed by atoms with Gasteiger partial charge in [0, 0.05) is 25.3 Å². The van der Waals surface area contributed by atoms with E-state index in [2.05, 4.69) is 15.3 Å². The van der Waals surface area contributed by atoms with Crippen molar-refractivity contribution >= 4 is 17.9 Å². The highest BCUT2D eigenvalue weighted by molar-refractivity contribution is 5.68. The van der Waals surface area contributed by atoms with E-state index in [0.29, 0.717) is 19.2 Å². The summed E-state index contributed by atoms with van der Waals surface area (Å²) in [4.78, 5) is 20.9. The number of nitrogens with two attached hydrogens (primary N) is 1. The molecule has 1 amide bonds. The third-order valence-corrected chi connectivity index (χ3v) is 4.04. The molecule has 0 radical (unpaired) electrons. The fourth-order valence-electron chi connectivity index (χ4n) is 2.56. The number of benzene rings is 1. The molecule has 29 heavy (non-hydrogen) atoms. The largest absolute Gasteiger partial charge is 0.445 e. The van der Waals surface area contributed by atoms with Crippen LogP contribution in [0.1, 0.15) is 31.4 Å². The Morgan fingerprint density at radius 2 is 1.97 bits per heavy atom. The summed E-state index contributed by atoms with van der Waals surface area (Å²) in [6, 6.07) is 9.15. The molecule has 0 aliphatic heterocycles. The summed E-state index contributed by atoms with van der Waals surface area (Å²) >= 11 is 0. The van der Waals surface area contributed by atoms with Crippen LogP contribution < -0.4 is 11.1 Å². The minimum Gasteiger partial charge on any atom is -0.445 e. The van der Waals surface area contributed by atoms with E-state index in [0.717, 1.165) is 5.56 Å². The van der Waals surface area contributed by atoms with Crippen LogP contribution in [-0.4, -0.2) is 40.1 Å². The first-order valence-electron chi connectivity index (χ1n) is 9.09. The summed E-state index contributed by atoms with van der Waals surface area (Å²) in [5.41, 5.74) is 5.26. The van der Waals surface area contributed by atoms with Crippen molar-refractivity contribution in [2.75, 3.05) is 24.1 Å². The van der Waals surface area contributed by atoms with Gasteiger partial charge in [-0.15, -0.1) is 0 Å². The van der Waals surface area contributed by atoms with Crippen molar-refractivity contribution in [2.45, 2.75) is 39.1 Å². The van der Waals surface area contributed by atoms with Crippen molar-refractivity contribution in [2.24, 2.45) is 0 Å². The fourth-order valence-corrected chi connectivity index (χ4v) is 2.56. The Labute approximate surface area is 167 Å². The molecule has 158 valence electrons. The molecular weight excluding hydrogens is 387 g/mol. The van der Waals surface area contributed by atoms with Gasteiger partial charge in [0.05, 0.1) is 0 Å². The summed E-state index contributed by atoms with van der Waals surface area (Å²) in [7, 11) is 0. The molecule has 3 N–H and O–H groups in total. The third kappa shape index (κ3) is 6.81. The van der Waals surface area contributed by atoms with Crippen LogP contribution in [0, 0.1) is 0 Å². The maximum Gasteiger partial charge on any atom is 0.421 e. The SMILES string of the molecule is CC(C)N(CCCNc1nc(N)ncc1C(F)(F)F)C(=O)OCc1ccccc1. The summed E-state index contributed by atoms with van der Waals surface area (Å²) in [5.74, 6) is -0.637. The minimum absolute atomic E-state index is 0.126. The van der Waals surface area contributed by atoms with E-state index in [1.54, 1.807) is 0 Å². The van der Waals surface area contributed by atoms with Crippen molar-refractivity contribution in [1.29, 1.82) is 0 Å². The van der Waals surface area contributed by atoms with Gasteiger partial charge in [-0.3, -0.25) is 0 Å².